The van der Waals surface area contributed by atoms with E-state index in [1.54, 1.807) is 11.3 Å². The first kappa shape index (κ1) is 20.9. The standard InChI is InChI=1S/C17H25N5O2S.HI/c1-3-18-16(19-11-14-12-22-9-10-25-17(22)20-14)21-7-5-13(6-8-21)15(23)24-4-2;/h9-10,12-13H,3-8,11H2,1-2H3,(H,18,19);1H. The number of rotatable bonds is 5. The Morgan fingerprint density at radius 3 is 2.85 bits per heavy atom. The topological polar surface area (TPSA) is 71.2 Å². The Bertz CT molecular complexity index is 708. The minimum atomic E-state index is -0.0674. The van der Waals surface area contributed by atoms with Gasteiger partial charge < -0.3 is 15.0 Å². The molecule has 1 aliphatic heterocycles. The van der Waals surface area contributed by atoms with E-state index in [2.05, 4.69) is 22.1 Å². The SMILES string of the molecule is CCNC(=NCc1cn2ccsc2n1)N1CCC(C(=O)OCC)CC1.I. The third-order valence-corrected chi connectivity index (χ3v) is 5.05. The van der Waals surface area contributed by atoms with Crippen LogP contribution in [0.4, 0.5) is 0 Å². The molecule has 1 N–H and O–H groups in total. The molecule has 1 fully saturated rings. The van der Waals surface area contributed by atoms with Crippen molar-refractivity contribution < 1.29 is 9.53 Å². The summed E-state index contributed by atoms with van der Waals surface area (Å²) in [5, 5.41) is 5.37. The lowest BCUT2D eigenvalue weighted by atomic mass is 9.97. The van der Waals surface area contributed by atoms with Crippen LogP contribution in [0.15, 0.2) is 22.8 Å². The number of carbonyl (C=O) groups excluding carboxylic acids is 1. The van der Waals surface area contributed by atoms with Crippen molar-refractivity contribution in [1.29, 1.82) is 0 Å². The maximum Gasteiger partial charge on any atom is 0.309 e. The Morgan fingerprint density at radius 1 is 1.42 bits per heavy atom. The average molecular weight is 491 g/mol. The minimum Gasteiger partial charge on any atom is -0.466 e. The molecule has 3 heterocycles. The van der Waals surface area contributed by atoms with Gasteiger partial charge >= 0.3 is 5.97 Å². The van der Waals surface area contributed by atoms with Gasteiger partial charge in [0.25, 0.3) is 0 Å². The lowest BCUT2D eigenvalue weighted by Crippen LogP contribution is -2.46. The first-order chi connectivity index (χ1) is 12.2. The third-order valence-electron chi connectivity index (χ3n) is 4.28. The van der Waals surface area contributed by atoms with Crippen LogP contribution < -0.4 is 5.32 Å². The number of aliphatic imine (C=N–C) groups is 1. The Balaban J connectivity index is 0.00000243. The highest BCUT2D eigenvalue weighted by Gasteiger charge is 2.27. The number of likely N-dealkylation sites (tertiary alicyclic amines) is 1. The van der Waals surface area contributed by atoms with E-state index >= 15 is 0 Å². The van der Waals surface area contributed by atoms with Crippen LogP contribution in [0.2, 0.25) is 0 Å². The first-order valence-corrected chi connectivity index (χ1v) is 9.70. The summed E-state index contributed by atoms with van der Waals surface area (Å²) in [6, 6.07) is 0. The third kappa shape index (κ3) is 5.09. The summed E-state index contributed by atoms with van der Waals surface area (Å²) in [6.45, 7) is 7.35. The van der Waals surface area contributed by atoms with Crippen LogP contribution in [0.1, 0.15) is 32.4 Å². The van der Waals surface area contributed by atoms with Gasteiger partial charge in [-0.25, -0.2) is 9.98 Å². The van der Waals surface area contributed by atoms with Crippen molar-refractivity contribution >= 4 is 52.2 Å². The Hall–Kier alpha value is -1.36. The highest BCUT2D eigenvalue weighted by Crippen LogP contribution is 2.19. The zero-order chi connectivity index (χ0) is 17.6. The molecule has 0 radical (unpaired) electrons. The molecule has 0 aromatic carbocycles. The fraction of sp³-hybridized carbons (Fsp3) is 0.588. The summed E-state index contributed by atoms with van der Waals surface area (Å²) in [4.78, 5) is 24.4. The van der Waals surface area contributed by atoms with Gasteiger partial charge in [0, 0.05) is 37.4 Å². The Labute approximate surface area is 174 Å². The largest absolute Gasteiger partial charge is 0.466 e. The molecule has 1 saturated heterocycles. The number of esters is 1. The first-order valence-electron chi connectivity index (χ1n) is 8.82. The van der Waals surface area contributed by atoms with E-state index in [0.717, 1.165) is 49.1 Å². The van der Waals surface area contributed by atoms with Crippen LogP contribution in [-0.4, -0.2) is 52.5 Å². The summed E-state index contributed by atoms with van der Waals surface area (Å²) in [5.74, 6) is 0.835. The molecule has 0 atom stereocenters. The minimum absolute atomic E-state index is 0. The van der Waals surface area contributed by atoms with Crippen LogP contribution in [0.3, 0.4) is 0 Å². The zero-order valence-electron chi connectivity index (χ0n) is 15.2. The predicted molar refractivity (Wildman–Crippen MR) is 114 cm³/mol. The molecule has 7 nitrogen and oxygen atoms in total. The van der Waals surface area contributed by atoms with E-state index < -0.39 is 0 Å². The molecule has 2 aromatic heterocycles. The number of guanidine groups is 1. The van der Waals surface area contributed by atoms with Gasteiger partial charge in [0.05, 0.1) is 24.8 Å². The second kappa shape index (κ2) is 10.1. The summed E-state index contributed by atoms with van der Waals surface area (Å²) in [6.07, 6.45) is 5.64. The molecule has 3 rings (SSSR count). The number of aromatic nitrogens is 2. The molecule has 2 aromatic rings. The van der Waals surface area contributed by atoms with Crippen molar-refractivity contribution in [2.24, 2.45) is 10.9 Å². The maximum absolute atomic E-state index is 11.9. The fourth-order valence-corrected chi connectivity index (χ4v) is 3.74. The van der Waals surface area contributed by atoms with Crippen molar-refractivity contribution in [3.8, 4) is 0 Å². The monoisotopic (exact) mass is 491 g/mol. The Morgan fingerprint density at radius 2 is 2.19 bits per heavy atom. The highest BCUT2D eigenvalue weighted by atomic mass is 127. The maximum atomic E-state index is 11.9. The summed E-state index contributed by atoms with van der Waals surface area (Å²) in [7, 11) is 0. The molecular weight excluding hydrogens is 465 g/mol. The van der Waals surface area contributed by atoms with Crippen molar-refractivity contribution in [3.05, 3.63) is 23.5 Å². The number of hydrogen-bond acceptors (Lipinski definition) is 5. The van der Waals surface area contributed by atoms with Crippen LogP contribution in [0.25, 0.3) is 4.96 Å². The van der Waals surface area contributed by atoms with Crippen molar-refractivity contribution in [1.82, 2.24) is 19.6 Å². The second-order valence-electron chi connectivity index (χ2n) is 6.01. The van der Waals surface area contributed by atoms with Crippen molar-refractivity contribution in [2.45, 2.75) is 33.2 Å². The van der Waals surface area contributed by atoms with Gasteiger partial charge in [0.2, 0.25) is 0 Å². The number of carbonyl (C=O) groups is 1. The zero-order valence-corrected chi connectivity index (χ0v) is 18.3. The van der Waals surface area contributed by atoms with Crippen molar-refractivity contribution in [3.63, 3.8) is 0 Å². The molecule has 26 heavy (non-hydrogen) atoms. The lowest BCUT2D eigenvalue weighted by Gasteiger charge is -2.33. The number of thiazole rings is 1. The van der Waals surface area contributed by atoms with Crippen LogP contribution in [0, 0.1) is 5.92 Å². The molecule has 0 unspecified atom stereocenters. The lowest BCUT2D eigenvalue weighted by molar-refractivity contribution is -0.149. The average Bonchev–Trinajstić information content (AvgIpc) is 3.20. The van der Waals surface area contributed by atoms with E-state index in [1.165, 1.54) is 0 Å². The van der Waals surface area contributed by atoms with Gasteiger partial charge in [-0.1, -0.05) is 0 Å². The predicted octanol–water partition coefficient (Wildman–Crippen LogP) is 2.75. The number of piperidine rings is 1. The van der Waals surface area contributed by atoms with Crippen LogP contribution in [-0.2, 0) is 16.1 Å². The normalized spacial score (nSPS) is 15.8. The number of halogens is 1. The molecule has 0 aliphatic carbocycles. The summed E-state index contributed by atoms with van der Waals surface area (Å²) < 4.78 is 7.16. The summed E-state index contributed by atoms with van der Waals surface area (Å²) in [5.41, 5.74) is 0.962. The van der Waals surface area contributed by atoms with Gasteiger partial charge in [-0.05, 0) is 26.7 Å². The second-order valence-corrected chi connectivity index (χ2v) is 6.88. The van der Waals surface area contributed by atoms with Crippen molar-refractivity contribution in [2.75, 3.05) is 26.2 Å². The van der Waals surface area contributed by atoms with E-state index in [9.17, 15) is 4.79 Å². The molecule has 0 saturated carbocycles. The van der Waals surface area contributed by atoms with Gasteiger partial charge in [-0.15, -0.1) is 35.3 Å². The van der Waals surface area contributed by atoms with Crippen LogP contribution in [0.5, 0.6) is 0 Å². The smallest absolute Gasteiger partial charge is 0.309 e. The molecule has 0 bridgehead atoms. The van der Waals surface area contributed by atoms with Gasteiger partial charge in [0.15, 0.2) is 10.9 Å². The fourth-order valence-electron chi connectivity index (χ4n) is 3.02. The molecule has 9 heteroatoms. The van der Waals surface area contributed by atoms with E-state index in [-0.39, 0.29) is 35.9 Å². The van der Waals surface area contributed by atoms with E-state index in [1.807, 2.05) is 29.1 Å². The number of nitrogens with one attached hydrogen (secondary N) is 1. The Kier molecular flexibility index (Phi) is 8.14. The highest BCUT2D eigenvalue weighted by molar-refractivity contribution is 14.0. The molecule has 0 spiro atoms. The molecule has 1 aliphatic rings. The van der Waals surface area contributed by atoms with Gasteiger partial charge in [-0.3, -0.25) is 9.20 Å². The number of fused-ring (bicyclic) bond motifs is 1. The van der Waals surface area contributed by atoms with Gasteiger partial charge in [0.1, 0.15) is 0 Å². The number of imidazole rings is 1. The number of hydrogen-bond donors (Lipinski definition) is 1. The molecule has 144 valence electrons. The number of ether oxygens (including phenoxy) is 1. The molecule has 0 amide bonds. The van der Waals surface area contributed by atoms with Gasteiger partial charge in [-0.2, -0.15) is 0 Å². The summed E-state index contributed by atoms with van der Waals surface area (Å²) >= 11 is 1.62. The van der Waals surface area contributed by atoms with E-state index in [0.29, 0.717) is 13.2 Å². The molecular formula is C17H26IN5O2S. The number of nitrogens with zero attached hydrogens (tertiary/aromatic N) is 4. The van der Waals surface area contributed by atoms with Crippen LogP contribution >= 0.6 is 35.3 Å². The van der Waals surface area contributed by atoms with E-state index in [4.69, 9.17) is 9.73 Å². The quantitative estimate of drug-likeness (QED) is 0.302.